The number of halogens is 1. The maximum Gasteiger partial charge on any atom is 0.339 e. The highest BCUT2D eigenvalue weighted by atomic mass is 19.1. The standard InChI is InChI=1S/C15H13FO2/c1-9-6-7-11(8-10(9)2)12-4-3-5-13(16)14(12)15(17)18/h3-8H,1-2H3,(H,17,18). The van der Waals surface area contributed by atoms with Gasteiger partial charge in [0.05, 0.1) is 0 Å². The summed E-state index contributed by atoms with van der Waals surface area (Å²) in [5.41, 5.74) is 3.02. The average molecular weight is 244 g/mol. The number of hydrogen-bond donors (Lipinski definition) is 1. The lowest BCUT2D eigenvalue weighted by molar-refractivity contribution is 0.0693. The fraction of sp³-hybridized carbons (Fsp3) is 0.133. The summed E-state index contributed by atoms with van der Waals surface area (Å²) in [6, 6.07) is 9.89. The Kier molecular flexibility index (Phi) is 3.15. The second-order valence-electron chi connectivity index (χ2n) is 4.27. The zero-order valence-corrected chi connectivity index (χ0v) is 10.2. The molecule has 1 N–H and O–H groups in total. The second kappa shape index (κ2) is 4.61. The molecule has 0 atom stereocenters. The normalized spacial score (nSPS) is 10.4. The van der Waals surface area contributed by atoms with E-state index in [1.807, 2.05) is 32.0 Å². The van der Waals surface area contributed by atoms with Gasteiger partial charge in [-0.2, -0.15) is 0 Å². The quantitative estimate of drug-likeness (QED) is 0.872. The SMILES string of the molecule is Cc1ccc(-c2cccc(F)c2C(=O)O)cc1C. The molecule has 0 fully saturated rings. The molecule has 2 aromatic rings. The number of aromatic carboxylic acids is 1. The Morgan fingerprint density at radius 2 is 1.83 bits per heavy atom. The molecule has 18 heavy (non-hydrogen) atoms. The zero-order chi connectivity index (χ0) is 13.3. The van der Waals surface area contributed by atoms with Crippen molar-refractivity contribution in [3.8, 4) is 11.1 Å². The van der Waals surface area contributed by atoms with Crippen LogP contribution in [0.15, 0.2) is 36.4 Å². The van der Waals surface area contributed by atoms with E-state index in [1.165, 1.54) is 6.07 Å². The molecule has 0 saturated carbocycles. The highest BCUT2D eigenvalue weighted by molar-refractivity contribution is 5.96. The van der Waals surface area contributed by atoms with Crippen LogP contribution in [0.4, 0.5) is 4.39 Å². The third kappa shape index (κ3) is 2.12. The van der Waals surface area contributed by atoms with Gasteiger partial charge in [-0.3, -0.25) is 0 Å². The predicted molar refractivity (Wildman–Crippen MR) is 68.3 cm³/mol. The van der Waals surface area contributed by atoms with E-state index in [4.69, 9.17) is 5.11 Å². The third-order valence-electron chi connectivity index (χ3n) is 3.05. The van der Waals surface area contributed by atoms with Crippen LogP contribution in [0.2, 0.25) is 0 Å². The molecule has 0 aliphatic rings. The molecule has 0 bridgehead atoms. The Morgan fingerprint density at radius 3 is 2.44 bits per heavy atom. The van der Waals surface area contributed by atoms with Crippen LogP contribution in [-0.4, -0.2) is 11.1 Å². The monoisotopic (exact) mass is 244 g/mol. The summed E-state index contributed by atoms with van der Waals surface area (Å²) in [7, 11) is 0. The minimum atomic E-state index is -1.25. The van der Waals surface area contributed by atoms with Crippen LogP contribution in [0.25, 0.3) is 11.1 Å². The topological polar surface area (TPSA) is 37.3 Å². The van der Waals surface area contributed by atoms with E-state index in [2.05, 4.69) is 0 Å². The molecule has 2 nitrogen and oxygen atoms in total. The van der Waals surface area contributed by atoms with Crippen LogP contribution in [0, 0.1) is 19.7 Å². The molecule has 3 heteroatoms. The van der Waals surface area contributed by atoms with Gasteiger partial charge >= 0.3 is 5.97 Å². The van der Waals surface area contributed by atoms with Crippen molar-refractivity contribution in [2.24, 2.45) is 0 Å². The maximum atomic E-state index is 13.6. The van der Waals surface area contributed by atoms with Crippen LogP contribution >= 0.6 is 0 Å². The van der Waals surface area contributed by atoms with Gasteiger partial charge in [-0.05, 0) is 42.2 Å². The van der Waals surface area contributed by atoms with Crippen molar-refractivity contribution in [1.29, 1.82) is 0 Å². The van der Waals surface area contributed by atoms with Crippen molar-refractivity contribution in [2.75, 3.05) is 0 Å². The van der Waals surface area contributed by atoms with Gasteiger partial charge in [0.1, 0.15) is 11.4 Å². The molecule has 2 aromatic carbocycles. The lowest BCUT2D eigenvalue weighted by atomic mass is 9.96. The second-order valence-corrected chi connectivity index (χ2v) is 4.27. The van der Waals surface area contributed by atoms with E-state index in [1.54, 1.807) is 6.07 Å². The lowest BCUT2D eigenvalue weighted by Crippen LogP contribution is -2.03. The summed E-state index contributed by atoms with van der Waals surface area (Å²) in [6.07, 6.45) is 0. The van der Waals surface area contributed by atoms with Gasteiger partial charge in [-0.25, -0.2) is 9.18 Å². The highest BCUT2D eigenvalue weighted by Gasteiger charge is 2.16. The molecule has 0 saturated heterocycles. The van der Waals surface area contributed by atoms with Gasteiger partial charge in [-0.15, -0.1) is 0 Å². The van der Waals surface area contributed by atoms with Crippen molar-refractivity contribution in [3.05, 3.63) is 58.9 Å². The summed E-state index contributed by atoms with van der Waals surface area (Å²) in [6.45, 7) is 3.92. The summed E-state index contributed by atoms with van der Waals surface area (Å²) >= 11 is 0. The first kappa shape index (κ1) is 12.3. The maximum absolute atomic E-state index is 13.6. The molecular weight excluding hydrogens is 231 g/mol. The van der Waals surface area contributed by atoms with E-state index >= 15 is 0 Å². The zero-order valence-electron chi connectivity index (χ0n) is 10.2. The molecule has 0 radical (unpaired) electrons. The molecule has 2 rings (SSSR count). The predicted octanol–water partition coefficient (Wildman–Crippen LogP) is 3.81. The van der Waals surface area contributed by atoms with E-state index in [0.717, 1.165) is 22.8 Å². The molecule has 0 aliphatic carbocycles. The summed E-state index contributed by atoms with van der Waals surface area (Å²) in [5, 5.41) is 9.09. The minimum Gasteiger partial charge on any atom is -0.478 e. The summed E-state index contributed by atoms with van der Waals surface area (Å²) < 4.78 is 13.6. The molecule has 0 unspecified atom stereocenters. The first-order chi connectivity index (χ1) is 8.50. The van der Waals surface area contributed by atoms with E-state index < -0.39 is 11.8 Å². The van der Waals surface area contributed by atoms with Crippen LogP contribution in [0.5, 0.6) is 0 Å². The fourth-order valence-corrected chi connectivity index (χ4v) is 1.89. The average Bonchev–Trinajstić information content (AvgIpc) is 2.32. The Morgan fingerprint density at radius 1 is 1.11 bits per heavy atom. The number of aryl methyl sites for hydroxylation is 2. The van der Waals surface area contributed by atoms with Crippen LogP contribution < -0.4 is 0 Å². The fourth-order valence-electron chi connectivity index (χ4n) is 1.89. The number of carboxylic acids is 1. The van der Waals surface area contributed by atoms with Crippen molar-refractivity contribution < 1.29 is 14.3 Å². The van der Waals surface area contributed by atoms with Gasteiger partial charge < -0.3 is 5.11 Å². The number of hydrogen-bond acceptors (Lipinski definition) is 1. The van der Waals surface area contributed by atoms with Crippen LogP contribution in [0.1, 0.15) is 21.5 Å². The van der Waals surface area contributed by atoms with Gasteiger partial charge in [0, 0.05) is 0 Å². The Hall–Kier alpha value is -2.16. The Labute approximate surface area is 105 Å². The van der Waals surface area contributed by atoms with Gasteiger partial charge in [0.15, 0.2) is 0 Å². The number of benzene rings is 2. The van der Waals surface area contributed by atoms with Gasteiger partial charge in [0.25, 0.3) is 0 Å². The molecule has 92 valence electrons. The van der Waals surface area contributed by atoms with Gasteiger partial charge in [-0.1, -0.05) is 30.3 Å². The van der Waals surface area contributed by atoms with E-state index in [-0.39, 0.29) is 5.56 Å². The van der Waals surface area contributed by atoms with Gasteiger partial charge in [0.2, 0.25) is 0 Å². The smallest absolute Gasteiger partial charge is 0.339 e. The van der Waals surface area contributed by atoms with E-state index in [0.29, 0.717) is 5.56 Å². The minimum absolute atomic E-state index is 0.277. The highest BCUT2D eigenvalue weighted by Crippen LogP contribution is 2.27. The first-order valence-corrected chi connectivity index (χ1v) is 5.60. The number of carboxylic acid groups (broad SMARTS) is 1. The third-order valence-corrected chi connectivity index (χ3v) is 3.05. The largest absolute Gasteiger partial charge is 0.478 e. The molecular formula is C15H13FO2. The summed E-state index contributed by atoms with van der Waals surface area (Å²) in [5.74, 6) is -1.96. The molecule has 0 amide bonds. The van der Waals surface area contributed by atoms with Crippen LogP contribution in [0.3, 0.4) is 0 Å². The van der Waals surface area contributed by atoms with E-state index in [9.17, 15) is 9.18 Å². The Bertz CT molecular complexity index is 618. The lowest BCUT2D eigenvalue weighted by Gasteiger charge is -2.09. The molecule has 0 heterocycles. The number of rotatable bonds is 2. The van der Waals surface area contributed by atoms with Crippen molar-refractivity contribution >= 4 is 5.97 Å². The molecule has 0 aliphatic heterocycles. The van der Waals surface area contributed by atoms with Crippen molar-refractivity contribution in [1.82, 2.24) is 0 Å². The Balaban J connectivity index is 2.67. The van der Waals surface area contributed by atoms with Crippen molar-refractivity contribution in [3.63, 3.8) is 0 Å². The van der Waals surface area contributed by atoms with Crippen molar-refractivity contribution in [2.45, 2.75) is 13.8 Å². The molecule has 0 aromatic heterocycles. The molecule has 0 spiro atoms. The number of carbonyl (C=O) groups is 1. The first-order valence-electron chi connectivity index (χ1n) is 5.60. The summed E-state index contributed by atoms with van der Waals surface area (Å²) in [4.78, 5) is 11.1. The van der Waals surface area contributed by atoms with Crippen LogP contribution in [-0.2, 0) is 0 Å².